The molecule has 6 N–H and O–H groups in total. The van der Waals surface area contributed by atoms with E-state index in [2.05, 4.69) is 16.0 Å². The van der Waals surface area contributed by atoms with Gasteiger partial charge >= 0.3 is 11.9 Å². The minimum Gasteiger partial charge on any atom is -0.481 e. The van der Waals surface area contributed by atoms with E-state index in [9.17, 15) is 29.1 Å². The molecule has 0 aliphatic carbocycles. The molecular weight excluding hydrogens is 566 g/mol. The molecule has 0 aliphatic rings. The Morgan fingerprint density at radius 1 is 0.558 bits per heavy atom. The molecule has 250 valence electrons. The highest BCUT2D eigenvalue weighted by molar-refractivity contribution is 5.84. The van der Waals surface area contributed by atoms with E-state index in [1.54, 1.807) is 0 Å². The lowest BCUT2D eigenvalue weighted by atomic mass is 10.0. The van der Waals surface area contributed by atoms with Gasteiger partial charge in [0.05, 0.1) is 39.6 Å². The van der Waals surface area contributed by atoms with E-state index < -0.39 is 18.0 Å². The lowest BCUT2D eigenvalue weighted by Gasteiger charge is -2.14. The third-order valence-corrected chi connectivity index (χ3v) is 6.32. The number of carbonyl (C=O) groups is 5. The summed E-state index contributed by atoms with van der Waals surface area (Å²) in [5, 5.41) is 34.3. The zero-order chi connectivity index (χ0) is 32.0. The molecule has 0 fully saturated rings. The second-order valence-electron chi connectivity index (χ2n) is 10.1. The fourth-order valence-electron chi connectivity index (χ4n) is 3.99. The number of hydrogen-bond acceptors (Lipinski definition) is 9. The second kappa shape index (κ2) is 29.3. The van der Waals surface area contributed by atoms with Gasteiger partial charge in [-0.2, -0.15) is 0 Å². The Hall–Kier alpha value is -2.81. The molecular formula is C29H53N3O11. The van der Waals surface area contributed by atoms with Gasteiger partial charge in [-0.3, -0.25) is 19.2 Å². The molecule has 3 amide bonds. The number of amides is 3. The van der Waals surface area contributed by atoms with E-state index in [0.29, 0.717) is 19.6 Å². The predicted octanol–water partition coefficient (Wildman–Crippen LogP) is 1.38. The monoisotopic (exact) mass is 619 g/mol. The normalized spacial score (nSPS) is 11.6. The van der Waals surface area contributed by atoms with Crippen LogP contribution in [0.3, 0.4) is 0 Å². The van der Waals surface area contributed by atoms with E-state index in [1.165, 1.54) is 0 Å². The molecule has 0 aliphatic heterocycles. The summed E-state index contributed by atoms with van der Waals surface area (Å²) in [6.07, 6.45) is 10.1. The summed E-state index contributed by atoms with van der Waals surface area (Å²) in [6, 6.07) is -1.13. The summed E-state index contributed by atoms with van der Waals surface area (Å²) in [5.74, 6) is -2.91. The van der Waals surface area contributed by atoms with E-state index in [0.717, 1.165) is 57.8 Å². The van der Waals surface area contributed by atoms with Crippen molar-refractivity contribution in [1.29, 1.82) is 0 Å². The summed E-state index contributed by atoms with van der Waals surface area (Å²) in [7, 11) is 0. The Balaban J connectivity index is 3.73. The third kappa shape index (κ3) is 29.1. The topological polar surface area (TPSA) is 210 Å². The summed E-state index contributed by atoms with van der Waals surface area (Å²) in [6.45, 7) is 1.52. The predicted molar refractivity (Wildman–Crippen MR) is 157 cm³/mol. The standard InChI is InChI=1S/C29H53N3O11/c33-17-20-41-18-16-31-27(36)23-43-22-21-42-19-15-30-25(34)14-13-24(29(39)40)32-26(35)11-9-7-5-3-1-2-4-6-8-10-12-28(37)38/h24,33H,1-23H2,(H,30,34)(H,31,36)(H,32,35)(H,37,38)(H,39,40). The SMILES string of the molecule is O=C(O)CCCCCCCCCCCCC(=O)NC(CCC(=O)NCCOCCOCC(=O)NCCOCCO)C(=O)O. The number of aliphatic hydroxyl groups is 1. The second-order valence-corrected chi connectivity index (χ2v) is 10.1. The maximum Gasteiger partial charge on any atom is 0.326 e. The maximum absolute atomic E-state index is 12.2. The number of carboxylic acids is 2. The first kappa shape index (κ1) is 40.2. The number of carbonyl (C=O) groups excluding carboxylic acids is 3. The fraction of sp³-hybridized carbons (Fsp3) is 0.828. The molecule has 0 aromatic rings. The van der Waals surface area contributed by atoms with E-state index in [-0.39, 0.29) is 89.6 Å². The van der Waals surface area contributed by atoms with Gasteiger partial charge in [0.15, 0.2) is 0 Å². The first-order valence-corrected chi connectivity index (χ1v) is 15.4. The largest absolute Gasteiger partial charge is 0.481 e. The highest BCUT2D eigenvalue weighted by Gasteiger charge is 2.20. The minimum atomic E-state index is -1.18. The average molecular weight is 620 g/mol. The first-order chi connectivity index (χ1) is 20.8. The number of rotatable bonds is 31. The van der Waals surface area contributed by atoms with Gasteiger partial charge in [-0.15, -0.1) is 0 Å². The lowest BCUT2D eigenvalue weighted by molar-refractivity contribution is -0.142. The number of unbranched alkanes of at least 4 members (excludes halogenated alkanes) is 9. The van der Waals surface area contributed by atoms with Crippen LogP contribution in [0.2, 0.25) is 0 Å². The number of ether oxygens (including phenoxy) is 3. The number of hydrogen-bond donors (Lipinski definition) is 6. The van der Waals surface area contributed by atoms with E-state index in [4.69, 9.17) is 24.4 Å². The zero-order valence-corrected chi connectivity index (χ0v) is 25.4. The minimum absolute atomic E-state index is 0.0203. The van der Waals surface area contributed by atoms with Crippen LogP contribution in [0, 0.1) is 0 Å². The Kier molecular flexibility index (Phi) is 27.4. The van der Waals surface area contributed by atoms with Gasteiger partial charge in [0.2, 0.25) is 17.7 Å². The number of aliphatic hydroxyl groups excluding tert-OH is 1. The van der Waals surface area contributed by atoms with Gasteiger partial charge in [-0.25, -0.2) is 4.79 Å². The van der Waals surface area contributed by atoms with Gasteiger partial charge in [-0.05, 0) is 19.3 Å². The smallest absolute Gasteiger partial charge is 0.326 e. The first-order valence-electron chi connectivity index (χ1n) is 15.4. The fourth-order valence-corrected chi connectivity index (χ4v) is 3.99. The number of aliphatic carboxylic acids is 2. The van der Waals surface area contributed by atoms with Crippen molar-refractivity contribution in [3.8, 4) is 0 Å². The molecule has 0 bridgehead atoms. The molecule has 0 aromatic carbocycles. The molecule has 0 rings (SSSR count). The van der Waals surface area contributed by atoms with Crippen LogP contribution in [0.15, 0.2) is 0 Å². The molecule has 1 unspecified atom stereocenters. The average Bonchev–Trinajstić information content (AvgIpc) is 2.96. The van der Waals surface area contributed by atoms with Crippen LogP contribution in [-0.2, 0) is 38.2 Å². The Bertz CT molecular complexity index is 768. The highest BCUT2D eigenvalue weighted by atomic mass is 16.5. The number of nitrogens with one attached hydrogen (secondary N) is 3. The van der Waals surface area contributed by atoms with Gasteiger partial charge in [0.1, 0.15) is 12.6 Å². The Morgan fingerprint density at radius 2 is 1.07 bits per heavy atom. The van der Waals surface area contributed by atoms with Gasteiger partial charge in [0, 0.05) is 32.4 Å². The molecule has 0 saturated heterocycles. The molecule has 0 spiro atoms. The van der Waals surface area contributed by atoms with Gasteiger partial charge in [-0.1, -0.05) is 51.4 Å². The molecule has 43 heavy (non-hydrogen) atoms. The van der Waals surface area contributed by atoms with Crippen molar-refractivity contribution in [3.63, 3.8) is 0 Å². The Morgan fingerprint density at radius 3 is 1.63 bits per heavy atom. The maximum atomic E-state index is 12.2. The van der Waals surface area contributed by atoms with Crippen molar-refractivity contribution in [2.75, 3.05) is 59.3 Å². The van der Waals surface area contributed by atoms with Crippen LogP contribution < -0.4 is 16.0 Å². The molecule has 0 saturated carbocycles. The van der Waals surface area contributed by atoms with Gasteiger partial charge < -0.3 is 45.5 Å². The van der Waals surface area contributed by atoms with Crippen LogP contribution in [0.5, 0.6) is 0 Å². The van der Waals surface area contributed by atoms with Crippen molar-refractivity contribution >= 4 is 29.7 Å². The highest BCUT2D eigenvalue weighted by Crippen LogP contribution is 2.12. The quantitative estimate of drug-likeness (QED) is 0.0610. The van der Waals surface area contributed by atoms with Crippen molar-refractivity contribution in [1.82, 2.24) is 16.0 Å². The Labute approximate surface area is 254 Å². The van der Waals surface area contributed by atoms with Crippen molar-refractivity contribution in [2.45, 2.75) is 95.9 Å². The summed E-state index contributed by atoms with van der Waals surface area (Å²) < 4.78 is 15.5. The van der Waals surface area contributed by atoms with Crippen LogP contribution >= 0.6 is 0 Å². The summed E-state index contributed by atoms with van der Waals surface area (Å²) >= 11 is 0. The van der Waals surface area contributed by atoms with Crippen LogP contribution in [-0.4, -0.2) is 110 Å². The molecule has 0 heterocycles. The molecule has 0 radical (unpaired) electrons. The van der Waals surface area contributed by atoms with Crippen LogP contribution in [0.1, 0.15) is 89.9 Å². The van der Waals surface area contributed by atoms with Crippen molar-refractivity contribution < 1.29 is 53.5 Å². The molecule has 14 heteroatoms. The van der Waals surface area contributed by atoms with Crippen molar-refractivity contribution in [2.24, 2.45) is 0 Å². The third-order valence-electron chi connectivity index (χ3n) is 6.32. The zero-order valence-electron chi connectivity index (χ0n) is 25.4. The molecule has 14 nitrogen and oxygen atoms in total. The van der Waals surface area contributed by atoms with Crippen molar-refractivity contribution in [3.05, 3.63) is 0 Å². The number of carboxylic acid groups (broad SMARTS) is 2. The van der Waals surface area contributed by atoms with Crippen LogP contribution in [0.4, 0.5) is 0 Å². The van der Waals surface area contributed by atoms with E-state index >= 15 is 0 Å². The van der Waals surface area contributed by atoms with Crippen LogP contribution in [0.25, 0.3) is 0 Å². The summed E-state index contributed by atoms with van der Waals surface area (Å²) in [4.78, 5) is 57.7. The molecule has 1 atom stereocenters. The molecule has 0 aromatic heterocycles. The van der Waals surface area contributed by atoms with E-state index in [1.807, 2.05) is 0 Å². The summed E-state index contributed by atoms with van der Waals surface area (Å²) in [5.41, 5.74) is 0. The lowest BCUT2D eigenvalue weighted by Crippen LogP contribution is -2.41. The van der Waals surface area contributed by atoms with Gasteiger partial charge in [0.25, 0.3) is 0 Å².